The molecular formula is C20H21NO7. The van der Waals surface area contributed by atoms with Crippen molar-refractivity contribution in [1.82, 2.24) is 4.90 Å². The highest BCUT2D eigenvalue weighted by molar-refractivity contribution is 5.78. The molecule has 0 saturated carbocycles. The zero-order valence-corrected chi connectivity index (χ0v) is 15.5. The first-order valence-electron chi connectivity index (χ1n) is 9.11. The minimum Gasteiger partial charge on any atom is -0.502 e. The molecular weight excluding hydrogens is 366 g/mol. The lowest BCUT2D eigenvalue weighted by Gasteiger charge is -2.28. The van der Waals surface area contributed by atoms with Gasteiger partial charge in [-0.15, -0.1) is 0 Å². The van der Waals surface area contributed by atoms with E-state index in [1.165, 1.54) is 6.07 Å². The minimum absolute atomic E-state index is 0.0413. The van der Waals surface area contributed by atoms with Gasteiger partial charge in [0.2, 0.25) is 23.9 Å². The molecule has 0 spiro atoms. The molecule has 4 rings (SSSR count). The van der Waals surface area contributed by atoms with E-state index >= 15 is 0 Å². The largest absolute Gasteiger partial charge is 0.502 e. The van der Waals surface area contributed by atoms with Crippen molar-refractivity contribution in [2.45, 2.75) is 19.3 Å². The van der Waals surface area contributed by atoms with E-state index in [9.17, 15) is 14.7 Å². The number of amides is 1. The van der Waals surface area contributed by atoms with E-state index < -0.39 is 17.1 Å². The van der Waals surface area contributed by atoms with E-state index in [0.717, 1.165) is 0 Å². The standard InChI is InChI=1S/C20H21NO7/c1-12-8-15(22)19(24)20(28-12)14(10-18(23)21-4-6-25-7-5-21)13-2-3-16-17(9-13)27-11-26-16/h2-3,8-9,14,24H,4-7,10-11H2,1H3/t14-/m0/s1. The van der Waals surface area contributed by atoms with Crippen LogP contribution in [0.2, 0.25) is 0 Å². The van der Waals surface area contributed by atoms with Gasteiger partial charge in [-0.25, -0.2) is 0 Å². The Morgan fingerprint density at radius 3 is 2.71 bits per heavy atom. The molecule has 1 saturated heterocycles. The van der Waals surface area contributed by atoms with Crippen molar-refractivity contribution in [3.63, 3.8) is 0 Å². The van der Waals surface area contributed by atoms with Gasteiger partial charge in [-0.1, -0.05) is 6.07 Å². The molecule has 8 nitrogen and oxygen atoms in total. The molecule has 0 aliphatic carbocycles. The van der Waals surface area contributed by atoms with E-state index in [-0.39, 0.29) is 24.9 Å². The third kappa shape index (κ3) is 3.55. The zero-order chi connectivity index (χ0) is 19.7. The van der Waals surface area contributed by atoms with Crippen LogP contribution in [-0.4, -0.2) is 49.0 Å². The molecule has 1 aromatic carbocycles. The van der Waals surface area contributed by atoms with Gasteiger partial charge in [0, 0.05) is 25.6 Å². The summed E-state index contributed by atoms with van der Waals surface area (Å²) < 4.78 is 21.8. The molecule has 0 unspecified atom stereocenters. The number of morpholine rings is 1. The summed E-state index contributed by atoms with van der Waals surface area (Å²) in [5.74, 6) is 0.371. The number of ether oxygens (including phenoxy) is 3. The smallest absolute Gasteiger partial charge is 0.231 e. The number of nitrogens with zero attached hydrogens (tertiary/aromatic N) is 1. The Bertz CT molecular complexity index is 946. The highest BCUT2D eigenvalue weighted by Gasteiger charge is 2.29. The van der Waals surface area contributed by atoms with Crippen molar-refractivity contribution in [3.05, 3.63) is 51.6 Å². The Hall–Kier alpha value is -3.00. The Balaban J connectivity index is 1.73. The second-order valence-corrected chi connectivity index (χ2v) is 6.80. The Kier molecular flexibility index (Phi) is 4.95. The second-order valence-electron chi connectivity index (χ2n) is 6.80. The van der Waals surface area contributed by atoms with Gasteiger partial charge in [-0.2, -0.15) is 0 Å². The van der Waals surface area contributed by atoms with Gasteiger partial charge in [0.05, 0.1) is 19.1 Å². The van der Waals surface area contributed by atoms with Crippen molar-refractivity contribution in [3.8, 4) is 17.2 Å². The van der Waals surface area contributed by atoms with Gasteiger partial charge in [-0.05, 0) is 24.6 Å². The van der Waals surface area contributed by atoms with Gasteiger partial charge >= 0.3 is 0 Å². The molecule has 1 atom stereocenters. The van der Waals surface area contributed by atoms with Crippen LogP contribution < -0.4 is 14.9 Å². The van der Waals surface area contributed by atoms with Crippen LogP contribution in [-0.2, 0) is 9.53 Å². The molecule has 1 N–H and O–H groups in total. The van der Waals surface area contributed by atoms with Crippen LogP contribution in [0.3, 0.4) is 0 Å². The van der Waals surface area contributed by atoms with Crippen molar-refractivity contribution in [1.29, 1.82) is 0 Å². The average molecular weight is 387 g/mol. The Labute approximate surface area is 161 Å². The number of fused-ring (bicyclic) bond motifs is 1. The molecule has 8 heteroatoms. The third-order valence-corrected chi connectivity index (χ3v) is 4.93. The van der Waals surface area contributed by atoms with Crippen LogP contribution >= 0.6 is 0 Å². The maximum atomic E-state index is 12.9. The number of aryl methyl sites for hydroxylation is 1. The van der Waals surface area contributed by atoms with Crippen LogP contribution in [0, 0.1) is 6.92 Å². The predicted molar refractivity (Wildman–Crippen MR) is 97.8 cm³/mol. The fourth-order valence-electron chi connectivity index (χ4n) is 3.47. The minimum atomic E-state index is -0.641. The molecule has 2 aliphatic rings. The fourth-order valence-corrected chi connectivity index (χ4v) is 3.47. The SMILES string of the molecule is Cc1cc(=O)c(O)c([C@@H](CC(=O)N2CCOCC2)c2ccc3c(c2)OCO3)o1. The van der Waals surface area contributed by atoms with Gasteiger partial charge in [0.25, 0.3) is 0 Å². The number of carbonyl (C=O) groups is 1. The lowest BCUT2D eigenvalue weighted by atomic mass is 9.91. The summed E-state index contributed by atoms with van der Waals surface area (Å²) >= 11 is 0. The van der Waals surface area contributed by atoms with Gasteiger partial charge in [0.1, 0.15) is 5.76 Å². The summed E-state index contributed by atoms with van der Waals surface area (Å²) in [6.45, 7) is 3.76. The van der Waals surface area contributed by atoms with Crippen molar-refractivity contribution in [2.24, 2.45) is 0 Å². The summed E-state index contributed by atoms with van der Waals surface area (Å²) in [7, 11) is 0. The van der Waals surface area contributed by atoms with E-state index in [2.05, 4.69) is 0 Å². The number of benzene rings is 1. The second kappa shape index (κ2) is 7.55. The predicted octanol–water partition coefficient (Wildman–Crippen LogP) is 1.76. The third-order valence-electron chi connectivity index (χ3n) is 4.93. The lowest BCUT2D eigenvalue weighted by Crippen LogP contribution is -2.41. The summed E-state index contributed by atoms with van der Waals surface area (Å²) in [6.07, 6.45) is 0.0413. The molecule has 0 radical (unpaired) electrons. The first kappa shape index (κ1) is 18.4. The number of aromatic hydroxyl groups is 1. The van der Waals surface area contributed by atoms with E-state index in [4.69, 9.17) is 18.6 Å². The van der Waals surface area contributed by atoms with Gasteiger partial charge in [-0.3, -0.25) is 9.59 Å². The summed E-state index contributed by atoms with van der Waals surface area (Å²) in [5, 5.41) is 10.4. The maximum Gasteiger partial charge on any atom is 0.231 e. The summed E-state index contributed by atoms with van der Waals surface area (Å²) in [6, 6.07) is 6.50. The molecule has 0 bridgehead atoms. The van der Waals surface area contributed by atoms with E-state index in [1.54, 1.807) is 30.0 Å². The maximum absolute atomic E-state index is 12.9. The van der Waals surface area contributed by atoms with Crippen LogP contribution in [0.5, 0.6) is 17.2 Å². The Morgan fingerprint density at radius 1 is 1.18 bits per heavy atom. The lowest BCUT2D eigenvalue weighted by molar-refractivity contribution is -0.135. The van der Waals surface area contributed by atoms with Crippen LogP contribution in [0.4, 0.5) is 0 Å². The molecule has 2 aromatic rings. The zero-order valence-electron chi connectivity index (χ0n) is 15.5. The van der Waals surface area contributed by atoms with Crippen LogP contribution in [0.1, 0.15) is 29.4 Å². The van der Waals surface area contributed by atoms with Crippen molar-refractivity contribution >= 4 is 5.91 Å². The number of carbonyl (C=O) groups excluding carboxylic acids is 1. The quantitative estimate of drug-likeness (QED) is 0.854. The Morgan fingerprint density at radius 2 is 1.93 bits per heavy atom. The van der Waals surface area contributed by atoms with Gasteiger partial charge in [0.15, 0.2) is 17.3 Å². The topological polar surface area (TPSA) is 98.4 Å². The van der Waals surface area contributed by atoms with Crippen LogP contribution in [0.15, 0.2) is 33.5 Å². The van der Waals surface area contributed by atoms with E-state index in [0.29, 0.717) is 49.1 Å². The molecule has 1 amide bonds. The summed E-state index contributed by atoms with van der Waals surface area (Å²) in [5.41, 5.74) is 0.151. The molecule has 2 aliphatic heterocycles. The van der Waals surface area contributed by atoms with Crippen LogP contribution in [0.25, 0.3) is 0 Å². The number of rotatable bonds is 4. The number of hydrogen-bond acceptors (Lipinski definition) is 7. The summed E-state index contributed by atoms with van der Waals surface area (Å²) in [4.78, 5) is 26.7. The highest BCUT2D eigenvalue weighted by Crippen LogP contribution is 2.39. The van der Waals surface area contributed by atoms with Gasteiger partial charge < -0.3 is 28.6 Å². The normalized spacial score (nSPS) is 16.8. The molecule has 28 heavy (non-hydrogen) atoms. The first-order chi connectivity index (χ1) is 13.5. The van der Waals surface area contributed by atoms with Crippen molar-refractivity contribution in [2.75, 3.05) is 33.1 Å². The molecule has 1 fully saturated rings. The van der Waals surface area contributed by atoms with E-state index in [1.807, 2.05) is 0 Å². The number of hydrogen-bond donors (Lipinski definition) is 1. The van der Waals surface area contributed by atoms with Crippen molar-refractivity contribution < 1.29 is 28.5 Å². The molecule has 148 valence electrons. The fraction of sp³-hybridized carbons (Fsp3) is 0.400. The molecule has 1 aromatic heterocycles. The first-order valence-corrected chi connectivity index (χ1v) is 9.11. The highest BCUT2D eigenvalue weighted by atomic mass is 16.7. The molecule has 3 heterocycles. The average Bonchev–Trinajstić information content (AvgIpc) is 3.17. The monoisotopic (exact) mass is 387 g/mol.